The number of amides is 3. The van der Waals surface area contributed by atoms with E-state index < -0.39 is 17.6 Å². The molecule has 2 aliphatic heterocycles. The molecule has 24 heavy (non-hydrogen) atoms. The van der Waals surface area contributed by atoms with Crippen LogP contribution in [0.15, 0.2) is 18.2 Å². The number of benzene rings is 1. The first-order chi connectivity index (χ1) is 11.5. The Kier molecular flexibility index (Phi) is 4.62. The number of aliphatic hydroxyl groups excluding tert-OH is 1. The van der Waals surface area contributed by atoms with Crippen LogP contribution >= 0.6 is 0 Å². The number of piperidine rings is 2. The second kappa shape index (κ2) is 6.68. The first-order valence-electron chi connectivity index (χ1n) is 8.04. The Hall–Kier alpha value is -2.28. The van der Waals surface area contributed by atoms with Gasteiger partial charge in [0.25, 0.3) is 0 Å². The van der Waals surface area contributed by atoms with Crippen molar-refractivity contribution in [3.8, 4) is 0 Å². The first-order valence-corrected chi connectivity index (χ1v) is 8.04. The van der Waals surface area contributed by atoms with Gasteiger partial charge < -0.3 is 10.0 Å². The summed E-state index contributed by atoms with van der Waals surface area (Å²) in [6, 6.07) is 4.40. The van der Waals surface area contributed by atoms with Gasteiger partial charge in [-0.25, -0.2) is 4.39 Å². The SMILES string of the molecule is O=C1CCC(c2ccc(N3CCC(CO)CC3=O)c(F)c2)C(=O)N1. The minimum atomic E-state index is -0.562. The third kappa shape index (κ3) is 3.17. The van der Waals surface area contributed by atoms with Crippen molar-refractivity contribution in [2.75, 3.05) is 18.1 Å². The lowest BCUT2D eigenvalue weighted by Gasteiger charge is -2.31. The van der Waals surface area contributed by atoms with E-state index in [4.69, 9.17) is 5.11 Å². The molecule has 1 aromatic rings. The van der Waals surface area contributed by atoms with Crippen molar-refractivity contribution in [3.05, 3.63) is 29.6 Å². The fourth-order valence-electron chi connectivity index (χ4n) is 3.28. The highest BCUT2D eigenvalue weighted by molar-refractivity contribution is 6.01. The average molecular weight is 334 g/mol. The number of hydrogen-bond acceptors (Lipinski definition) is 4. The maximum Gasteiger partial charge on any atom is 0.234 e. The van der Waals surface area contributed by atoms with Crippen LogP contribution in [0, 0.1) is 11.7 Å². The van der Waals surface area contributed by atoms with E-state index in [1.807, 2.05) is 0 Å². The van der Waals surface area contributed by atoms with Crippen LogP contribution in [0.25, 0.3) is 0 Å². The molecule has 2 N–H and O–H groups in total. The third-order valence-electron chi connectivity index (χ3n) is 4.69. The summed E-state index contributed by atoms with van der Waals surface area (Å²) in [5, 5.41) is 11.4. The van der Waals surface area contributed by atoms with Crippen molar-refractivity contribution in [3.63, 3.8) is 0 Å². The number of hydrogen-bond donors (Lipinski definition) is 2. The van der Waals surface area contributed by atoms with Gasteiger partial charge in [0, 0.05) is 26.0 Å². The second-order valence-corrected chi connectivity index (χ2v) is 6.30. The molecule has 2 saturated heterocycles. The van der Waals surface area contributed by atoms with Crippen molar-refractivity contribution in [2.45, 2.75) is 31.6 Å². The fourth-order valence-corrected chi connectivity index (χ4v) is 3.28. The quantitative estimate of drug-likeness (QED) is 0.810. The molecule has 1 aromatic carbocycles. The molecule has 0 bridgehead atoms. The molecule has 2 fully saturated rings. The Labute approximate surface area is 138 Å². The number of anilines is 1. The van der Waals surface area contributed by atoms with Crippen molar-refractivity contribution >= 4 is 23.4 Å². The van der Waals surface area contributed by atoms with Crippen molar-refractivity contribution < 1.29 is 23.9 Å². The number of halogens is 1. The summed E-state index contributed by atoms with van der Waals surface area (Å²) in [4.78, 5) is 36.6. The summed E-state index contributed by atoms with van der Waals surface area (Å²) in [5.41, 5.74) is 0.686. The molecule has 6 nitrogen and oxygen atoms in total. The molecular weight excluding hydrogens is 315 g/mol. The highest BCUT2D eigenvalue weighted by atomic mass is 19.1. The maximum atomic E-state index is 14.5. The minimum Gasteiger partial charge on any atom is -0.396 e. The lowest BCUT2D eigenvalue weighted by molar-refractivity contribution is -0.134. The van der Waals surface area contributed by atoms with E-state index in [2.05, 4.69) is 5.32 Å². The van der Waals surface area contributed by atoms with E-state index in [9.17, 15) is 18.8 Å². The zero-order valence-electron chi connectivity index (χ0n) is 13.1. The van der Waals surface area contributed by atoms with Crippen molar-refractivity contribution in [2.24, 2.45) is 5.92 Å². The molecular formula is C17H19FN2O4. The molecule has 0 saturated carbocycles. The van der Waals surface area contributed by atoms with E-state index in [0.717, 1.165) is 0 Å². The lowest BCUT2D eigenvalue weighted by atomic mass is 9.90. The monoisotopic (exact) mass is 334 g/mol. The molecule has 2 heterocycles. The van der Waals surface area contributed by atoms with Gasteiger partial charge in [-0.2, -0.15) is 0 Å². The number of carbonyl (C=O) groups is 3. The molecule has 3 rings (SSSR count). The van der Waals surface area contributed by atoms with Gasteiger partial charge in [-0.05, 0) is 36.5 Å². The molecule has 0 aromatic heterocycles. The number of carbonyl (C=O) groups excluding carboxylic acids is 3. The van der Waals surface area contributed by atoms with Crippen LogP contribution in [0.5, 0.6) is 0 Å². The van der Waals surface area contributed by atoms with Gasteiger partial charge >= 0.3 is 0 Å². The Morgan fingerprint density at radius 1 is 1.25 bits per heavy atom. The Bertz CT molecular complexity index is 691. The number of nitrogens with zero attached hydrogens (tertiary/aromatic N) is 1. The summed E-state index contributed by atoms with van der Waals surface area (Å²) >= 11 is 0. The van der Waals surface area contributed by atoms with Crippen molar-refractivity contribution in [1.29, 1.82) is 0 Å². The molecule has 2 unspecified atom stereocenters. The predicted molar refractivity (Wildman–Crippen MR) is 83.7 cm³/mol. The normalized spacial score (nSPS) is 24.9. The summed E-state index contributed by atoms with van der Waals surface area (Å²) < 4.78 is 14.5. The molecule has 128 valence electrons. The van der Waals surface area contributed by atoms with Crippen molar-refractivity contribution in [1.82, 2.24) is 5.32 Å². The maximum absolute atomic E-state index is 14.5. The van der Waals surface area contributed by atoms with Gasteiger partial charge in [-0.3, -0.25) is 19.7 Å². The highest BCUT2D eigenvalue weighted by Gasteiger charge is 2.31. The fraction of sp³-hybridized carbons (Fsp3) is 0.471. The predicted octanol–water partition coefficient (Wildman–Crippen LogP) is 1.08. The van der Waals surface area contributed by atoms with E-state index >= 15 is 0 Å². The molecule has 2 aliphatic rings. The first kappa shape index (κ1) is 16.6. The van der Waals surface area contributed by atoms with E-state index in [-0.39, 0.29) is 42.9 Å². The van der Waals surface area contributed by atoms with Gasteiger partial charge in [0.1, 0.15) is 5.82 Å². The molecule has 0 aliphatic carbocycles. The third-order valence-corrected chi connectivity index (χ3v) is 4.69. The van der Waals surface area contributed by atoms with Gasteiger partial charge in [-0.1, -0.05) is 6.07 Å². The van der Waals surface area contributed by atoms with Crippen LogP contribution in [-0.4, -0.2) is 36.0 Å². The van der Waals surface area contributed by atoms with Gasteiger partial charge in [0.15, 0.2) is 0 Å². The van der Waals surface area contributed by atoms with Crippen LogP contribution in [0.3, 0.4) is 0 Å². The van der Waals surface area contributed by atoms with Gasteiger partial charge in [0.05, 0.1) is 11.6 Å². The van der Waals surface area contributed by atoms with Crippen LogP contribution in [0.4, 0.5) is 10.1 Å². The summed E-state index contributed by atoms with van der Waals surface area (Å²) in [5.74, 6) is -2.13. The smallest absolute Gasteiger partial charge is 0.234 e. The topological polar surface area (TPSA) is 86.7 Å². The number of rotatable bonds is 3. The Morgan fingerprint density at radius 2 is 2.04 bits per heavy atom. The molecule has 0 spiro atoms. The molecule has 7 heteroatoms. The second-order valence-electron chi connectivity index (χ2n) is 6.30. The Morgan fingerprint density at radius 3 is 2.67 bits per heavy atom. The number of aliphatic hydroxyl groups is 1. The van der Waals surface area contributed by atoms with E-state index in [1.165, 1.54) is 17.0 Å². The molecule has 2 atom stereocenters. The van der Waals surface area contributed by atoms with Gasteiger partial charge in [-0.15, -0.1) is 0 Å². The van der Waals surface area contributed by atoms with Crippen LogP contribution in [0.2, 0.25) is 0 Å². The minimum absolute atomic E-state index is 0.0451. The lowest BCUT2D eigenvalue weighted by Crippen LogP contribution is -2.40. The van der Waals surface area contributed by atoms with E-state index in [1.54, 1.807) is 6.07 Å². The summed E-state index contributed by atoms with van der Waals surface area (Å²) in [6.45, 7) is 0.315. The van der Waals surface area contributed by atoms with Crippen LogP contribution in [0.1, 0.15) is 37.2 Å². The van der Waals surface area contributed by atoms with Gasteiger partial charge in [0.2, 0.25) is 17.7 Å². The van der Waals surface area contributed by atoms with Crippen LogP contribution in [-0.2, 0) is 14.4 Å². The standard InChI is InChI=1S/C17H19FN2O4/c18-13-8-11(12-2-4-15(22)19-17(12)24)1-3-14(13)20-6-5-10(9-21)7-16(20)23/h1,3,8,10,12,21H,2,4-7,9H2,(H,19,22,24). The van der Waals surface area contributed by atoms with Crippen LogP contribution < -0.4 is 10.2 Å². The summed E-state index contributed by atoms with van der Waals surface area (Å²) in [7, 11) is 0. The number of nitrogens with one attached hydrogen (secondary N) is 1. The largest absolute Gasteiger partial charge is 0.396 e. The van der Waals surface area contributed by atoms with E-state index in [0.29, 0.717) is 24.9 Å². The molecule has 0 radical (unpaired) electrons. The Balaban J connectivity index is 1.79. The zero-order valence-corrected chi connectivity index (χ0v) is 13.1. The average Bonchev–Trinajstić information content (AvgIpc) is 2.55. The number of imide groups is 1. The highest BCUT2D eigenvalue weighted by Crippen LogP contribution is 2.31. The summed E-state index contributed by atoms with van der Waals surface area (Å²) in [6.07, 6.45) is 1.40. The zero-order chi connectivity index (χ0) is 17.3. The molecule has 3 amide bonds.